The van der Waals surface area contributed by atoms with Crippen molar-refractivity contribution < 1.29 is 9.90 Å². The summed E-state index contributed by atoms with van der Waals surface area (Å²) in [6.45, 7) is 2.31. The van der Waals surface area contributed by atoms with Crippen molar-refractivity contribution in [3.05, 3.63) is 42.0 Å². The van der Waals surface area contributed by atoms with E-state index in [0.717, 1.165) is 16.3 Å². The Labute approximate surface area is 125 Å². The summed E-state index contributed by atoms with van der Waals surface area (Å²) in [4.78, 5) is 15.3. The first-order valence-electron chi connectivity index (χ1n) is 7.03. The van der Waals surface area contributed by atoms with Gasteiger partial charge in [0.15, 0.2) is 0 Å². The van der Waals surface area contributed by atoms with Crippen molar-refractivity contribution in [3.63, 3.8) is 0 Å². The molecule has 0 bridgehead atoms. The van der Waals surface area contributed by atoms with Crippen molar-refractivity contribution in [1.29, 1.82) is 0 Å². The Kier molecular flexibility index (Phi) is 4.48. The summed E-state index contributed by atoms with van der Waals surface area (Å²) in [6, 6.07) is 11.6. The number of rotatable bonds is 4. The molecule has 21 heavy (non-hydrogen) atoms. The van der Waals surface area contributed by atoms with E-state index in [0.29, 0.717) is 12.3 Å². The number of hydrogen-bond donors (Lipinski definition) is 1. The van der Waals surface area contributed by atoms with E-state index in [-0.39, 0.29) is 11.9 Å². The van der Waals surface area contributed by atoms with Crippen LogP contribution in [-0.4, -0.2) is 48.5 Å². The lowest BCUT2D eigenvalue weighted by molar-refractivity contribution is -0.130. The predicted octanol–water partition coefficient (Wildman–Crippen LogP) is 2.63. The molecule has 1 N–H and O–H groups in total. The lowest BCUT2D eigenvalue weighted by Gasteiger charge is -2.26. The molecule has 2 rings (SSSR count). The molecule has 0 saturated carbocycles. The molecule has 1 amide bonds. The molecule has 112 valence electrons. The second-order valence-electron chi connectivity index (χ2n) is 5.60. The highest BCUT2D eigenvalue weighted by atomic mass is 16.3. The number of benzene rings is 2. The van der Waals surface area contributed by atoms with Crippen molar-refractivity contribution in [1.82, 2.24) is 9.80 Å². The largest absolute Gasteiger partial charge is 0.507 e. The van der Waals surface area contributed by atoms with Gasteiger partial charge in [-0.25, -0.2) is 0 Å². The first-order chi connectivity index (χ1) is 9.91. The molecular formula is C17H22N2O2. The summed E-state index contributed by atoms with van der Waals surface area (Å²) < 4.78 is 0. The normalized spacial score (nSPS) is 12.6. The number of phenols is 1. The van der Waals surface area contributed by atoms with Gasteiger partial charge < -0.3 is 10.0 Å². The number of hydrogen-bond acceptors (Lipinski definition) is 3. The maximum atomic E-state index is 11.8. The van der Waals surface area contributed by atoms with Crippen LogP contribution in [0.2, 0.25) is 0 Å². The lowest BCUT2D eigenvalue weighted by Crippen LogP contribution is -2.35. The Hall–Kier alpha value is -2.07. The summed E-state index contributed by atoms with van der Waals surface area (Å²) in [7, 11) is 5.38. The van der Waals surface area contributed by atoms with Crippen LogP contribution in [0.15, 0.2) is 36.4 Å². The van der Waals surface area contributed by atoms with Gasteiger partial charge in [-0.3, -0.25) is 9.69 Å². The Balaban J connectivity index is 2.29. The minimum Gasteiger partial charge on any atom is -0.507 e. The quantitative estimate of drug-likeness (QED) is 0.939. The number of carbonyl (C=O) groups excluding carboxylic acids is 1. The van der Waals surface area contributed by atoms with Gasteiger partial charge >= 0.3 is 0 Å². The number of likely N-dealkylation sites (N-methyl/N-ethyl adjacent to an activating group) is 2. The maximum absolute atomic E-state index is 11.8. The van der Waals surface area contributed by atoms with Gasteiger partial charge in [-0.15, -0.1) is 0 Å². The van der Waals surface area contributed by atoms with Crippen molar-refractivity contribution in [3.8, 4) is 5.75 Å². The van der Waals surface area contributed by atoms with Crippen LogP contribution in [0.5, 0.6) is 5.75 Å². The fraction of sp³-hybridized carbons (Fsp3) is 0.353. The molecule has 0 heterocycles. The van der Waals surface area contributed by atoms with Gasteiger partial charge in [0.2, 0.25) is 5.91 Å². The van der Waals surface area contributed by atoms with Crippen LogP contribution in [0.25, 0.3) is 10.8 Å². The zero-order chi connectivity index (χ0) is 15.6. The molecule has 0 aliphatic rings. The third-order valence-corrected chi connectivity index (χ3v) is 3.93. The van der Waals surface area contributed by atoms with Gasteiger partial charge in [-0.1, -0.05) is 36.4 Å². The molecule has 2 aromatic carbocycles. The minimum atomic E-state index is -0.0430. The van der Waals surface area contributed by atoms with E-state index in [9.17, 15) is 9.90 Å². The van der Waals surface area contributed by atoms with Crippen molar-refractivity contribution in [2.45, 2.75) is 13.0 Å². The van der Waals surface area contributed by atoms with Crippen LogP contribution in [0.3, 0.4) is 0 Å². The second kappa shape index (κ2) is 6.14. The summed E-state index contributed by atoms with van der Waals surface area (Å²) >= 11 is 0. The zero-order valence-electron chi connectivity index (χ0n) is 13.0. The molecule has 0 aliphatic heterocycles. The third kappa shape index (κ3) is 3.16. The van der Waals surface area contributed by atoms with Gasteiger partial charge in [-0.2, -0.15) is 0 Å². The molecular weight excluding hydrogens is 264 g/mol. The summed E-state index contributed by atoms with van der Waals surface area (Å²) in [5, 5.41) is 12.3. The van der Waals surface area contributed by atoms with Crippen LogP contribution in [-0.2, 0) is 4.79 Å². The van der Waals surface area contributed by atoms with Gasteiger partial charge in [0, 0.05) is 31.1 Å². The first kappa shape index (κ1) is 15.3. The summed E-state index contributed by atoms with van der Waals surface area (Å²) in [5.41, 5.74) is 0.836. The Morgan fingerprint density at radius 1 is 1.14 bits per heavy atom. The molecule has 4 nitrogen and oxygen atoms in total. The molecule has 0 fully saturated rings. The highest BCUT2D eigenvalue weighted by Crippen LogP contribution is 2.34. The molecule has 0 radical (unpaired) electrons. The molecule has 1 atom stereocenters. The Morgan fingerprint density at radius 3 is 2.48 bits per heavy atom. The average molecular weight is 286 g/mol. The maximum Gasteiger partial charge on any atom is 0.236 e. The highest BCUT2D eigenvalue weighted by molar-refractivity contribution is 5.89. The van der Waals surface area contributed by atoms with Crippen molar-refractivity contribution in [2.24, 2.45) is 0 Å². The number of phenolic OH excluding ortho intramolecular Hbond substituents is 1. The smallest absolute Gasteiger partial charge is 0.236 e. The Bertz CT molecular complexity index is 652. The van der Waals surface area contributed by atoms with Crippen LogP contribution >= 0.6 is 0 Å². The third-order valence-electron chi connectivity index (χ3n) is 3.93. The van der Waals surface area contributed by atoms with E-state index >= 15 is 0 Å². The topological polar surface area (TPSA) is 43.8 Å². The van der Waals surface area contributed by atoms with Crippen LogP contribution in [0.1, 0.15) is 18.5 Å². The number of fused-ring (bicyclic) bond motifs is 1. The van der Waals surface area contributed by atoms with Crippen molar-refractivity contribution >= 4 is 16.7 Å². The van der Waals surface area contributed by atoms with Crippen molar-refractivity contribution in [2.75, 3.05) is 27.7 Å². The van der Waals surface area contributed by atoms with Crippen LogP contribution in [0, 0.1) is 0 Å². The molecule has 0 spiro atoms. The van der Waals surface area contributed by atoms with Gasteiger partial charge in [0.05, 0.1) is 6.54 Å². The summed E-state index contributed by atoms with van der Waals surface area (Å²) in [5.74, 6) is 0.342. The van der Waals surface area contributed by atoms with Gasteiger partial charge in [0.1, 0.15) is 5.75 Å². The van der Waals surface area contributed by atoms with E-state index in [2.05, 4.69) is 0 Å². The van der Waals surface area contributed by atoms with Crippen LogP contribution < -0.4 is 0 Å². The molecule has 0 aliphatic carbocycles. The Morgan fingerprint density at radius 2 is 1.81 bits per heavy atom. The first-order valence-corrected chi connectivity index (χ1v) is 7.03. The average Bonchev–Trinajstić information content (AvgIpc) is 2.47. The molecule has 4 heteroatoms. The standard InChI is InChI=1S/C17H22N2O2/c1-12(19(4)11-16(20)18(2)3)14-10-9-13-7-5-6-8-15(13)17(14)21/h5-10,12,21H,11H2,1-4H3. The van der Waals surface area contributed by atoms with E-state index in [1.54, 1.807) is 19.0 Å². The summed E-state index contributed by atoms with van der Waals surface area (Å²) in [6.07, 6.45) is 0. The molecule has 0 saturated heterocycles. The zero-order valence-corrected chi connectivity index (χ0v) is 13.0. The van der Waals surface area contributed by atoms with Gasteiger partial charge in [-0.05, 0) is 19.4 Å². The fourth-order valence-electron chi connectivity index (χ4n) is 2.34. The second-order valence-corrected chi connectivity index (χ2v) is 5.60. The molecule has 2 aromatic rings. The lowest BCUT2D eigenvalue weighted by atomic mass is 10.0. The van der Waals surface area contributed by atoms with E-state index in [1.165, 1.54) is 0 Å². The number of amides is 1. The number of carbonyl (C=O) groups is 1. The van der Waals surface area contributed by atoms with Gasteiger partial charge in [0.25, 0.3) is 0 Å². The van der Waals surface area contributed by atoms with Crippen LogP contribution in [0.4, 0.5) is 0 Å². The van der Waals surface area contributed by atoms with E-state index < -0.39 is 0 Å². The fourth-order valence-corrected chi connectivity index (χ4v) is 2.34. The predicted molar refractivity (Wildman–Crippen MR) is 85.4 cm³/mol. The van der Waals surface area contributed by atoms with E-state index in [4.69, 9.17) is 0 Å². The molecule has 1 unspecified atom stereocenters. The van der Waals surface area contributed by atoms with E-state index in [1.807, 2.05) is 55.3 Å². The SMILES string of the molecule is CC(c1ccc2ccccc2c1O)N(C)CC(=O)N(C)C. The number of nitrogens with zero attached hydrogens (tertiary/aromatic N) is 2. The minimum absolute atomic E-state index is 0.0430. The monoisotopic (exact) mass is 286 g/mol. The molecule has 0 aromatic heterocycles. The number of aromatic hydroxyl groups is 1. The highest BCUT2D eigenvalue weighted by Gasteiger charge is 2.19.